The monoisotopic (exact) mass is 132 g/mol. The van der Waals surface area contributed by atoms with Crippen molar-refractivity contribution in [3.8, 4) is 0 Å². The summed E-state index contributed by atoms with van der Waals surface area (Å²) in [5.74, 6) is -0.723. The normalized spacial score (nSPS) is 26.2. The number of hydrogen-bond acceptors (Lipinski definition) is 1. The molecule has 1 aliphatic heterocycles. The Bertz CT molecular complexity index is 197. The number of nitroso groups, excluding NO2 is 1. The second-order valence-corrected chi connectivity index (χ2v) is 1.61. The van der Waals surface area contributed by atoms with E-state index in [4.69, 9.17) is 0 Å². The van der Waals surface area contributed by atoms with E-state index in [0.29, 0.717) is 6.20 Å². The lowest BCUT2D eigenvalue weighted by molar-refractivity contribution is -0.540. The smallest absolute Gasteiger partial charge is 0.200 e. The topological polar surface area (TPSA) is 20.1 Å². The van der Waals surface area contributed by atoms with Crippen molar-refractivity contribution in [3.05, 3.63) is 29.1 Å². The van der Waals surface area contributed by atoms with Crippen LogP contribution in [0.2, 0.25) is 0 Å². The highest BCUT2D eigenvalue weighted by molar-refractivity contribution is 5.11. The molecule has 0 saturated heterocycles. The summed E-state index contributed by atoms with van der Waals surface area (Å²) in [6, 6.07) is 0. The first kappa shape index (κ1) is 6.07. The zero-order valence-corrected chi connectivity index (χ0v) is 4.42. The SMILES string of the molecule is O=[N+]1C=C(F)C=CC1F. The highest BCUT2D eigenvalue weighted by Gasteiger charge is 2.23. The van der Waals surface area contributed by atoms with Crippen LogP contribution in [0.4, 0.5) is 8.78 Å². The Morgan fingerprint density at radius 1 is 1.67 bits per heavy atom. The van der Waals surface area contributed by atoms with Crippen molar-refractivity contribution in [1.82, 2.24) is 0 Å². The largest absolute Gasteiger partial charge is 0.365 e. The molecule has 0 amide bonds. The molecule has 0 spiro atoms. The third kappa shape index (κ3) is 1.19. The Balaban J connectivity index is 2.82. The fraction of sp³-hybridized carbons (Fsp3) is 0.200. The van der Waals surface area contributed by atoms with E-state index in [-0.39, 0.29) is 4.76 Å². The zero-order valence-electron chi connectivity index (χ0n) is 4.42. The van der Waals surface area contributed by atoms with Crippen LogP contribution in [0.15, 0.2) is 24.2 Å². The average molecular weight is 132 g/mol. The fourth-order valence-electron chi connectivity index (χ4n) is 0.492. The van der Waals surface area contributed by atoms with Crippen LogP contribution >= 0.6 is 0 Å². The number of halogens is 2. The standard InChI is InChI=1S/C5H4F2NO/c6-4-1-2-5(7)8(9)3-4/h1-3,5H/q+1. The van der Waals surface area contributed by atoms with Crippen LogP contribution in [0, 0.1) is 4.91 Å². The van der Waals surface area contributed by atoms with Gasteiger partial charge in [0, 0.05) is 11.0 Å². The molecule has 0 aromatic rings. The molecule has 9 heavy (non-hydrogen) atoms. The second kappa shape index (κ2) is 2.05. The maximum atomic E-state index is 12.1. The minimum Gasteiger partial charge on any atom is -0.200 e. The van der Waals surface area contributed by atoms with Crippen molar-refractivity contribution in [2.45, 2.75) is 6.30 Å². The summed E-state index contributed by atoms with van der Waals surface area (Å²) in [6.07, 6.45) is 0.594. The van der Waals surface area contributed by atoms with Gasteiger partial charge in [0.25, 0.3) is 6.20 Å². The molecule has 2 nitrogen and oxygen atoms in total. The summed E-state index contributed by atoms with van der Waals surface area (Å²) in [7, 11) is 0. The van der Waals surface area contributed by atoms with E-state index in [1.54, 1.807) is 0 Å². The van der Waals surface area contributed by atoms with Crippen molar-refractivity contribution in [3.63, 3.8) is 0 Å². The molecule has 0 N–H and O–H groups in total. The Kier molecular flexibility index (Phi) is 1.38. The zero-order chi connectivity index (χ0) is 6.85. The maximum absolute atomic E-state index is 12.1. The summed E-state index contributed by atoms with van der Waals surface area (Å²) in [4.78, 5) is 10.2. The summed E-state index contributed by atoms with van der Waals surface area (Å²) in [6.45, 7) is 0. The minimum absolute atomic E-state index is 0.0880. The van der Waals surface area contributed by atoms with Gasteiger partial charge in [0.15, 0.2) is 5.83 Å². The highest BCUT2D eigenvalue weighted by atomic mass is 19.1. The van der Waals surface area contributed by atoms with Crippen LogP contribution in [0.3, 0.4) is 0 Å². The third-order valence-electron chi connectivity index (χ3n) is 0.908. The van der Waals surface area contributed by atoms with E-state index in [1.165, 1.54) is 0 Å². The maximum Gasteiger partial charge on any atom is 0.365 e. The average Bonchev–Trinajstić information content (AvgIpc) is 1.80. The van der Waals surface area contributed by atoms with Gasteiger partial charge in [-0.05, 0) is 6.08 Å². The molecule has 1 atom stereocenters. The number of rotatable bonds is 0. The fourth-order valence-corrected chi connectivity index (χ4v) is 0.492. The van der Waals surface area contributed by atoms with Gasteiger partial charge in [0.2, 0.25) is 0 Å². The molecule has 0 saturated carbocycles. The number of alkyl halides is 1. The predicted molar refractivity (Wildman–Crippen MR) is 26.9 cm³/mol. The van der Waals surface area contributed by atoms with Gasteiger partial charge in [-0.25, -0.2) is 4.39 Å². The van der Waals surface area contributed by atoms with Crippen LogP contribution in [0.1, 0.15) is 0 Å². The number of allylic oxidation sites excluding steroid dienone is 2. The predicted octanol–water partition coefficient (Wildman–Crippen LogP) is 1.44. The van der Waals surface area contributed by atoms with E-state index in [9.17, 15) is 13.7 Å². The van der Waals surface area contributed by atoms with Gasteiger partial charge in [0.05, 0.1) is 4.76 Å². The molecular weight excluding hydrogens is 128 g/mol. The van der Waals surface area contributed by atoms with Gasteiger partial charge in [-0.1, -0.05) is 0 Å². The molecule has 0 aromatic carbocycles. The van der Waals surface area contributed by atoms with Crippen LogP contribution in [0.5, 0.6) is 0 Å². The van der Waals surface area contributed by atoms with Gasteiger partial charge < -0.3 is 0 Å². The van der Waals surface area contributed by atoms with E-state index in [0.717, 1.165) is 12.2 Å². The van der Waals surface area contributed by atoms with Crippen molar-refractivity contribution < 1.29 is 13.5 Å². The van der Waals surface area contributed by atoms with E-state index in [1.807, 2.05) is 0 Å². The summed E-state index contributed by atoms with van der Waals surface area (Å²) < 4.78 is 24.0. The van der Waals surface area contributed by atoms with Crippen molar-refractivity contribution in [2.75, 3.05) is 0 Å². The third-order valence-corrected chi connectivity index (χ3v) is 0.908. The van der Waals surface area contributed by atoms with Crippen LogP contribution in [-0.4, -0.2) is 11.1 Å². The molecule has 0 aromatic heterocycles. The first-order valence-corrected chi connectivity index (χ1v) is 2.35. The van der Waals surface area contributed by atoms with Gasteiger partial charge in [-0.2, -0.15) is 4.39 Å². The lowest BCUT2D eigenvalue weighted by Crippen LogP contribution is -2.13. The van der Waals surface area contributed by atoms with E-state index >= 15 is 0 Å². The number of hydrogen-bond donors (Lipinski definition) is 0. The van der Waals surface area contributed by atoms with Gasteiger partial charge in [-0.15, -0.1) is 0 Å². The first-order chi connectivity index (χ1) is 4.20. The van der Waals surface area contributed by atoms with Crippen molar-refractivity contribution in [2.24, 2.45) is 0 Å². The van der Waals surface area contributed by atoms with Crippen molar-refractivity contribution >= 4 is 0 Å². The Hall–Kier alpha value is -1.06. The van der Waals surface area contributed by atoms with E-state index < -0.39 is 12.1 Å². The second-order valence-electron chi connectivity index (χ2n) is 1.61. The molecule has 1 unspecified atom stereocenters. The molecule has 48 valence electrons. The number of nitrogens with zero attached hydrogens (tertiary/aromatic N) is 1. The Morgan fingerprint density at radius 2 is 2.33 bits per heavy atom. The molecule has 4 heteroatoms. The summed E-state index contributed by atoms with van der Waals surface area (Å²) >= 11 is 0. The summed E-state index contributed by atoms with van der Waals surface area (Å²) in [5, 5.41) is 0. The van der Waals surface area contributed by atoms with Crippen LogP contribution in [0.25, 0.3) is 0 Å². The Morgan fingerprint density at radius 3 is 2.78 bits per heavy atom. The van der Waals surface area contributed by atoms with Gasteiger partial charge in [0.1, 0.15) is 0 Å². The molecule has 0 fully saturated rings. The van der Waals surface area contributed by atoms with E-state index in [2.05, 4.69) is 0 Å². The lowest BCUT2D eigenvalue weighted by atomic mass is 10.4. The van der Waals surface area contributed by atoms with Crippen LogP contribution in [-0.2, 0) is 0 Å². The van der Waals surface area contributed by atoms with Gasteiger partial charge in [-0.3, -0.25) is 0 Å². The molecule has 1 rings (SSSR count). The molecule has 0 bridgehead atoms. The molecule has 1 heterocycles. The molecular formula is C5H4F2NO+. The molecule has 0 radical (unpaired) electrons. The Labute approximate surface area is 50.0 Å². The molecule has 1 aliphatic rings. The van der Waals surface area contributed by atoms with Gasteiger partial charge >= 0.3 is 6.30 Å². The van der Waals surface area contributed by atoms with Crippen molar-refractivity contribution in [1.29, 1.82) is 0 Å². The first-order valence-electron chi connectivity index (χ1n) is 2.35. The lowest BCUT2D eigenvalue weighted by Gasteiger charge is -1.93. The minimum atomic E-state index is -1.73. The van der Waals surface area contributed by atoms with Crippen LogP contribution < -0.4 is 0 Å². The quantitative estimate of drug-likeness (QED) is 0.360. The summed E-state index contributed by atoms with van der Waals surface area (Å²) in [5.41, 5.74) is 0. The molecule has 0 aliphatic carbocycles. The highest BCUT2D eigenvalue weighted by Crippen LogP contribution is 2.09.